The minimum atomic E-state index is -0.585. The number of para-hydroxylation sites is 1. The van der Waals surface area contributed by atoms with Crippen molar-refractivity contribution in [2.45, 2.75) is 27.3 Å². The molecule has 2 aromatic rings. The molecule has 0 unspecified atom stereocenters. The highest BCUT2D eigenvalue weighted by atomic mass is 16.6. The second-order valence-electron chi connectivity index (χ2n) is 6.74. The van der Waals surface area contributed by atoms with Crippen LogP contribution in [0.1, 0.15) is 22.3 Å². The molecule has 0 heterocycles. The van der Waals surface area contributed by atoms with Gasteiger partial charge in [0.25, 0.3) is 5.91 Å². The number of likely N-dealkylation sites (N-methyl/N-ethyl adjacent to an activating group) is 1. The van der Waals surface area contributed by atoms with E-state index in [1.165, 1.54) is 4.90 Å². The van der Waals surface area contributed by atoms with E-state index in [9.17, 15) is 9.59 Å². The summed E-state index contributed by atoms with van der Waals surface area (Å²) in [5.74, 6) is 0.485. The number of amides is 1. The van der Waals surface area contributed by atoms with Crippen LogP contribution in [0.4, 0.5) is 0 Å². The number of nitrogens with zero attached hydrogens (tertiary/aromatic N) is 1. The summed E-state index contributed by atoms with van der Waals surface area (Å²) in [6, 6.07) is 11.4. The molecule has 28 heavy (non-hydrogen) atoms. The van der Waals surface area contributed by atoms with E-state index in [1.54, 1.807) is 14.2 Å². The molecule has 0 aliphatic rings. The van der Waals surface area contributed by atoms with Gasteiger partial charge < -0.3 is 19.1 Å². The summed E-state index contributed by atoms with van der Waals surface area (Å²) in [7, 11) is 3.23. The SMILES string of the molecule is COc1ccccc1CN(C)C(=O)COC(=O)COc1c(C)cc(C)cc1C. The molecule has 0 spiro atoms. The van der Waals surface area contributed by atoms with Gasteiger partial charge in [-0.25, -0.2) is 4.79 Å². The molecular formula is C22H27NO5. The standard InChI is InChI=1S/C22H27NO5/c1-15-10-16(2)22(17(3)11-15)28-14-21(25)27-13-20(24)23(4)12-18-8-6-7-9-19(18)26-5/h6-11H,12-14H2,1-5H3. The normalized spacial score (nSPS) is 10.3. The second-order valence-corrected chi connectivity index (χ2v) is 6.74. The molecule has 0 aromatic heterocycles. The van der Waals surface area contributed by atoms with Crippen LogP contribution in [0.5, 0.6) is 11.5 Å². The number of esters is 1. The molecule has 6 heteroatoms. The van der Waals surface area contributed by atoms with Crippen molar-refractivity contribution in [3.63, 3.8) is 0 Å². The van der Waals surface area contributed by atoms with E-state index in [0.29, 0.717) is 18.0 Å². The molecule has 0 bridgehead atoms. The molecule has 0 radical (unpaired) electrons. The molecule has 0 fully saturated rings. The third-order valence-electron chi connectivity index (χ3n) is 4.32. The average Bonchev–Trinajstić information content (AvgIpc) is 2.65. The smallest absolute Gasteiger partial charge is 0.344 e. The van der Waals surface area contributed by atoms with Crippen LogP contribution in [0.3, 0.4) is 0 Å². The molecule has 0 aliphatic heterocycles. The van der Waals surface area contributed by atoms with Crippen molar-refractivity contribution in [3.8, 4) is 11.5 Å². The van der Waals surface area contributed by atoms with Gasteiger partial charge in [-0.3, -0.25) is 4.79 Å². The molecule has 0 saturated heterocycles. The largest absolute Gasteiger partial charge is 0.496 e. The molecule has 2 aromatic carbocycles. The van der Waals surface area contributed by atoms with Crippen LogP contribution >= 0.6 is 0 Å². The van der Waals surface area contributed by atoms with Crippen LogP contribution < -0.4 is 9.47 Å². The molecule has 0 aliphatic carbocycles. The van der Waals surface area contributed by atoms with Gasteiger partial charge in [0, 0.05) is 19.2 Å². The summed E-state index contributed by atoms with van der Waals surface area (Å²) in [5, 5.41) is 0. The van der Waals surface area contributed by atoms with Gasteiger partial charge >= 0.3 is 5.97 Å². The predicted molar refractivity (Wildman–Crippen MR) is 107 cm³/mol. The van der Waals surface area contributed by atoms with E-state index in [4.69, 9.17) is 14.2 Å². The average molecular weight is 385 g/mol. The van der Waals surface area contributed by atoms with E-state index < -0.39 is 5.97 Å². The summed E-state index contributed by atoms with van der Waals surface area (Å²) >= 11 is 0. The van der Waals surface area contributed by atoms with E-state index in [1.807, 2.05) is 57.2 Å². The molecule has 150 valence electrons. The number of hydrogen-bond acceptors (Lipinski definition) is 5. The van der Waals surface area contributed by atoms with Crippen molar-refractivity contribution in [3.05, 3.63) is 58.7 Å². The van der Waals surface area contributed by atoms with E-state index in [-0.39, 0.29) is 19.1 Å². The van der Waals surface area contributed by atoms with Gasteiger partial charge in [-0.05, 0) is 38.0 Å². The maximum Gasteiger partial charge on any atom is 0.344 e. The molecule has 0 saturated carbocycles. The molecular weight excluding hydrogens is 358 g/mol. The van der Waals surface area contributed by atoms with Crippen LogP contribution in [-0.2, 0) is 20.9 Å². The van der Waals surface area contributed by atoms with Crippen molar-refractivity contribution in [2.75, 3.05) is 27.4 Å². The first-order valence-electron chi connectivity index (χ1n) is 9.04. The fraction of sp³-hybridized carbons (Fsp3) is 0.364. The number of aryl methyl sites for hydroxylation is 3. The summed E-state index contributed by atoms with van der Waals surface area (Å²) in [5.41, 5.74) is 3.92. The van der Waals surface area contributed by atoms with E-state index >= 15 is 0 Å². The number of ether oxygens (including phenoxy) is 3. The van der Waals surface area contributed by atoms with Gasteiger partial charge in [-0.1, -0.05) is 35.9 Å². The number of rotatable bonds is 8. The lowest BCUT2D eigenvalue weighted by Crippen LogP contribution is -2.31. The third kappa shape index (κ3) is 5.74. The highest BCUT2D eigenvalue weighted by Gasteiger charge is 2.15. The Labute approximate surface area is 166 Å². The Morgan fingerprint density at radius 1 is 1.00 bits per heavy atom. The van der Waals surface area contributed by atoms with Crippen molar-refractivity contribution in [1.82, 2.24) is 4.90 Å². The Bertz CT molecular complexity index is 824. The number of hydrogen-bond donors (Lipinski definition) is 0. The summed E-state index contributed by atoms with van der Waals surface area (Å²) < 4.78 is 15.9. The first-order valence-corrected chi connectivity index (χ1v) is 9.04. The summed E-state index contributed by atoms with van der Waals surface area (Å²) in [4.78, 5) is 25.7. The second kappa shape index (κ2) is 9.78. The van der Waals surface area contributed by atoms with E-state index in [2.05, 4.69) is 0 Å². The number of benzene rings is 2. The molecule has 6 nitrogen and oxygen atoms in total. The Balaban J connectivity index is 1.83. The quantitative estimate of drug-likeness (QED) is 0.653. The van der Waals surface area contributed by atoms with Crippen LogP contribution in [0.2, 0.25) is 0 Å². The maximum absolute atomic E-state index is 12.2. The fourth-order valence-electron chi connectivity index (χ4n) is 3.00. The van der Waals surface area contributed by atoms with Gasteiger partial charge in [0.2, 0.25) is 0 Å². The predicted octanol–water partition coefficient (Wildman–Crippen LogP) is 3.20. The minimum absolute atomic E-state index is 0.242. The van der Waals surface area contributed by atoms with E-state index in [0.717, 1.165) is 22.3 Å². The monoisotopic (exact) mass is 385 g/mol. The van der Waals surface area contributed by atoms with Crippen LogP contribution in [0, 0.1) is 20.8 Å². The van der Waals surface area contributed by atoms with Gasteiger partial charge in [0.05, 0.1) is 7.11 Å². The molecule has 0 N–H and O–H groups in total. The first-order chi connectivity index (χ1) is 13.3. The molecule has 2 rings (SSSR count). The zero-order valence-electron chi connectivity index (χ0n) is 17.1. The van der Waals surface area contributed by atoms with Crippen LogP contribution in [-0.4, -0.2) is 44.1 Å². The van der Waals surface area contributed by atoms with Crippen molar-refractivity contribution < 1.29 is 23.8 Å². The Morgan fingerprint density at radius 3 is 2.29 bits per heavy atom. The minimum Gasteiger partial charge on any atom is -0.496 e. The van der Waals surface area contributed by atoms with Crippen molar-refractivity contribution >= 4 is 11.9 Å². The third-order valence-corrected chi connectivity index (χ3v) is 4.32. The lowest BCUT2D eigenvalue weighted by atomic mass is 10.1. The topological polar surface area (TPSA) is 65.1 Å². The Hall–Kier alpha value is -3.02. The first kappa shape index (κ1) is 21.3. The highest BCUT2D eigenvalue weighted by Crippen LogP contribution is 2.24. The zero-order valence-corrected chi connectivity index (χ0v) is 17.1. The summed E-state index contributed by atoms with van der Waals surface area (Å²) in [6.07, 6.45) is 0. The zero-order chi connectivity index (χ0) is 20.7. The summed E-state index contributed by atoms with van der Waals surface area (Å²) in [6.45, 7) is 5.64. The maximum atomic E-state index is 12.2. The van der Waals surface area contributed by atoms with Gasteiger partial charge in [0.15, 0.2) is 13.2 Å². The number of carbonyl (C=O) groups excluding carboxylic acids is 2. The number of methoxy groups -OCH3 is 1. The van der Waals surface area contributed by atoms with Crippen molar-refractivity contribution in [1.29, 1.82) is 0 Å². The molecule has 1 amide bonds. The highest BCUT2D eigenvalue weighted by molar-refractivity contribution is 5.81. The van der Waals surface area contributed by atoms with Gasteiger partial charge in [0.1, 0.15) is 11.5 Å². The van der Waals surface area contributed by atoms with Crippen molar-refractivity contribution in [2.24, 2.45) is 0 Å². The van der Waals surface area contributed by atoms with Gasteiger partial charge in [-0.15, -0.1) is 0 Å². The Kier molecular flexibility index (Phi) is 7.44. The Morgan fingerprint density at radius 2 is 1.64 bits per heavy atom. The van der Waals surface area contributed by atoms with Crippen LogP contribution in [0.25, 0.3) is 0 Å². The van der Waals surface area contributed by atoms with Gasteiger partial charge in [-0.2, -0.15) is 0 Å². The fourth-order valence-corrected chi connectivity index (χ4v) is 3.00. The lowest BCUT2D eigenvalue weighted by Gasteiger charge is -2.19. The molecule has 0 atom stereocenters. The lowest BCUT2D eigenvalue weighted by molar-refractivity contribution is -0.153. The number of carbonyl (C=O) groups is 2. The van der Waals surface area contributed by atoms with Crippen LogP contribution in [0.15, 0.2) is 36.4 Å².